The predicted molar refractivity (Wildman–Crippen MR) is 123 cm³/mol. The number of nitrogens with zero attached hydrogens (tertiary/aromatic N) is 1. The van der Waals surface area contributed by atoms with Crippen molar-refractivity contribution in [3.63, 3.8) is 0 Å². The molecule has 0 aliphatic heterocycles. The number of para-hydroxylation sites is 1. The molecule has 0 saturated carbocycles. The molecule has 0 atom stereocenters. The maximum Gasteiger partial charge on any atom is 0.265 e. The average molecular weight is 497 g/mol. The number of primary amides is 1. The molecule has 0 aliphatic rings. The lowest BCUT2D eigenvalue weighted by Gasteiger charge is -2.11. The minimum atomic E-state index is -0.547. The Labute approximate surface area is 190 Å². The van der Waals surface area contributed by atoms with Gasteiger partial charge in [0.1, 0.15) is 18.1 Å². The number of nitrogens with one attached hydrogen (secondary N) is 2. The molecular weight excluding hydrogens is 480 g/mol. The number of rotatable bonds is 7. The van der Waals surface area contributed by atoms with E-state index in [-0.39, 0.29) is 5.91 Å². The van der Waals surface area contributed by atoms with Gasteiger partial charge in [-0.1, -0.05) is 46.3 Å². The van der Waals surface area contributed by atoms with Gasteiger partial charge in [0.05, 0.1) is 11.3 Å². The Kier molecular flexibility index (Phi) is 6.15. The number of H-pyrrole nitrogens is 1. The van der Waals surface area contributed by atoms with Gasteiger partial charge in [0, 0.05) is 27.2 Å². The number of thiazole rings is 1. The van der Waals surface area contributed by atoms with Crippen molar-refractivity contribution in [1.82, 2.24) is 9.97 Å². The predicted octanol–water partition coefficient (Wildman–Crippen LogP) is 4.83. The number of anilines is 1. The van der Waals surface area contributed by atoms with Gasteiger partial charge in [0.25, 0.3) is 11.8 Å². The SMILES string of the molecule is NC(=O)c1cc(-c2csc(NC(=O)c3ccccc3OCc3ccccc3Br)n2)c[nH]1. The van der Waals surface area contributed by atoms with Crippen LogP contribution in [0.1, 0.15) is 26.4 Å². The molecule has 0 saturated heterocycles. The first-order chi connectivity index (χ1) is 15.0. The molecule has 0 aliphatic carbocycles. The number of carbonyl (C=O) groups is 2. The summed E-state index contributed by atoms with van der Waals surface area (Å²) in [5, 5.41) is 5.03. The number of hydrogen-bond acceptors (Lipinski definition) is 5. The van der Waals surface area contributed by atoms with Gasteiger partial charge in [-0.25, -0.2) is 4.98 Å². The summed E-state index contributed by atoms with van der Waals surface area (Å²) in [6.07, 6.45) is 1.64. The molecule has 156 valence electrons. The maximum absolute atomic E-state index is 12.9. The summed E-state index contributed by atoms with van der Waals surface area (Å²) in [6.45, 7) is 0.322. The van der Waals surface area contributed by atoms with Gasteiger partial charge in [0.2, 0.25) is 0 Å². The number of aromatic nitrogens is 2. The maximum atomic E-state index is 12.9. The zero-order valence-corrected chi connectivity index (χ0v) is 18.5. The van der Waals surface area contributed by atoms with Crippen LogP contribution in [0.15, 0.2) is 70.6 Å². The van der Waals surface area contributed by atoms with E-state index in [0.29, 0.717) is 40.0 Å². The third-order valence-corrected chi connectivity index (χ3v) is 5.97. The molecule has 4 rings (SSSR count). The summed E-state index contributed by atoms with van der Waals surface area (Å²) in [4.78, 5) is 31.3. The van der Waals surface area contributed by atoms with Gasteiger partial charge in [-0.05, 0) is 24.3 Å². The topological polar surface area (TPSA) is 110 Å². The number of ether oxygens (including phenoxy) is 1. The largest absolute Gasteiger partial charge is 0.488 e. The Balaban J connectivity index is 1.47. The molecular formula is C22H17BrN4O3S. The van der Waals surface area contributed by atoms with Crippen molar-refractivity contribution in [2.45, 2.75) is 6.61 Å². The Hall–Kier alpha value is -3.43. The lowest BCUT2D eigenvalue weighted by Crippen LogP contribution is -2.13. The second-order valence-corrected chi connectivity index (χ2v) is 8.25. The number of amides is 2. The molecule has 4 aromatic rings. The summed E-state index contributed by atoms with van der Waals surface area (Å²) < 4.78 is 6.85. The molecule has 0 unspecified atom stereocenters. The quantitative estimate of drug-likeness (QED) is 0.340. The molecule has 7 nitrogen and oxygen atoms in total. The third-order valence-electron chi connectivity index (χ3n) is 4.44. The van der Waals surface area contributed by atoms with Gasteiger partial charge in [0.15, 0.2) is 5.13 Å². The van der Waals surface area contributed by atoms with Crippen molar-refractivity contribution in [3.8, 4) is 17.0 Å². The molecule has 0 bridgehead atoms. The monoisotopic (exact) mass is 496 g/mol. The van der Waals surface area contributed by atoms with Crippen LogP contribution in [0.2, 0.25) is 0 Å². The van der Waals surface area contributed by atoms with E-state index in [1.54, 1.807) is 35.8 Å². The highest BCUT2D eigenvalue weighted by atomic mass is 79.9. The van der Waals surface area contributed by atoms with Crippen LogP contribution < -0.4 is 15.8 Å². The number of halogens is 1. The van der Waals surface area contributed by atoms with Gasteiger partial charge in [-0.3, -0.25) is 14.9 Å². The second kappa shape index (κ2) is 9.15. The molecule has 2 amide bonds. The van der Waals surface area contributed by atoms with Crippen LogP contribution in [-0.2, 0) is 6.61 Å². The Morgan fingerprint density at radius 1 is 1.16 bits per heavy atom. The summed E-state index contributed by atoms with van der Waals surface area (Å²) >= 11 is 4.78. The zero-order valence-electron chi connectivity index (χ0n) is 16.1. The number of nitrogens with two attached hydrogens (primary N) is 1. The van der Waals surface area contributed by atoms with E-state index in [1.807, 2.05) is 30.3 Å². The standard InChI is InChI=1S/C22H17BrN4O3S/c23-16-7-3-1-5-13(16)11-30-19-8-4-2-6-15(19)21(29)27-22-26-18(12-31-22)14-9-17(20(24)28)25-10-14/h1-10,12,25H,11H2,(H2,24,28)(H,26,27,29). The molecule has 2 aromatic carbocycles. The minimum absolute atomic E-state index is 0.296. The molecule has 2 heterocycles. The average Bonchev–Trinajstić information content (AvgIpc) is 3.43. The van der Waals surface area contributed by atoms with Crippen LogP contribution in [0.3, 0.4) is 0 Å². The molecule has 0 spiro atoms. The molecule has 0 radical (unpaired) electrons. The van der Waals surface area contributed by atoms with E-state index >= 15 is 0 Å². The fourth-order valence-electron chi connectivity index (χ4n) is 2.86. The van der Waals surface area contributed by atoms with Crippen LogP contribution in [0.4, 0.5) is 5.13 Å². The Bertz CT molecular complexity index is 1250. The molecule has 4 N–H and O–H groups in total. The highest BCUT2D eigenvalue weighted by Gasteiger charge is 2.16. The smallest absolute Gasteiger partial charge is 0.265 e. The van der Waals surface area contributed by atoms with Crippen LogP contribution in [0, 0.1) is 0 Å². The van der Waals surface area contributed by atoms with E-state index in [9.17, 15) is 9.59 Å². The lowest BCUT2D eigenvalue weighted by atomic mass is 10.2. The van der Waals surface area contributed by atoms with Crippen LogP contribution in [0.25, 0.3) is 11.3 Å². The first-order valence-corrected chi connectivity index (χ1v) is 10.9. The molecule has 2 aromatic heterocycles. The van der Waals surface area contributed by atoms with E-state index in [0.717, 1.165) is 10.0 Å². The van der Waals surface area contributed by atoms with Gasteiger partial charge >= 0.3 is 0 Å². The van der Waals surface area contributed by atoms with E-state index in [1.165, 1.54) is 11.3 Å². The van der Waals surface area contributed by atoms with Gasteiger partial charge in [-0.2, -0.15) is 0 Å². The van der Waals surface area contributed by atoms with E-state index in [2.05, 4.69) is 31.2 Å². The third kappa shape index (κ3) is 4.84. The summed E-state index contributed by atoms with van der Waals surface area (Å²) in [5.41, 5.74) is 8.28. The highest BCUT2D eigenvalue weighted by Crippen LogP contribution is 2.27. The molecule has 0 fully saturated rings. The van der Waals surface area contributed by atoms with Crippen LogP contribution >= 0.6 is 27.3 Å². The summed E-state index contributed by atoms with van der Waals surface area (Å²) in [7, 11) is 0. The van der Waals surface area contributed by atoms with Crippen molar-refractivity contribution >= 4 is 44.2 Å². The van der Waals surface area contributed by atoms with Crippen LogP contribution in [-0.4, -0.2) is 21.8 Å². The number of carbonyl (C=O) groups excluding carboxylic acids is 2. The molecule has 9 heteroatoms. The van der Waals surface area contributed by atoms with Crippen molar-refractivity contribution < 1.29 is 14.3 Å². The van der Waals surface area contributed by atoms with Gasteiger partial charge < -0.3 is 15.5 Å². The fourth-order valence-corrected chi connectivity index (χ4v) is 3.98. The minimum Gasteiger partial charge on any atom is -0.488 e. The first-order valence-electron chi connectivity index (χ1n) is 9.22. The lowest BCUT2D eigenvalue weighted by molar-refractivity contribution is 0.0993. The number of benzene rings is 2. The Morgan fingerprint density at radius 3 is 2.71 bits per heavy atom. The summed E-state index contributed by atoms with van der Waals surface area (Å²) in [6, 6.07) is 16.4. The highest BCUT2D eigenvalue weighted by molar-refractivity contribution is 9.10. The Morgan fingerprint density at radius 2 is 1.94 bits per heavy atom. The van der Waals surface area contributed by atoms with Crippen molar-refractivity contribution in [1.29, 1.82) is 0 Å². The van der Waals surface area contributed by atoms with Crippen LogP contribution in [0.5, 0.6) is 5.75 Å². The van der Waals surface area contributed by atoms with Crippen molar-refractivity contribution in [3.05, 3.63) is 87.5 Å². The van der Waals surface area contributed by atoms with Gasteiger partial charge in [-0.15, -0.1) is 11.3 Å². The summed E-state index contributed by atoms with van der Waals surface area (Å²) in [5.74, 6) is -0.395. The zero-order chi connectivity index (χ0) is 21.8. The van der Waals surface area contributed by atoms with Crippen molar-refractivity contribution in [2.24, 2.45) is 5.73 Å². The van der Waals surface area contributed by atoms with E-state index < -0.39 is 5.91 Å². The second-order valence-electron chi connectivity index (χ2n) is 6.53. The van der Waals surface area contributed by atoms with Crippen molar-refractivity contribution in [2.75, 3.05) is 5.32 Å². The first kappa shape index (κ1) is 20.8. The molecule has 31 heavy (non-hydrogen) atoms. The number of hydrogen-bond donors (Lipinski definition) is 3. The number of aromatic amines is 1. The van der Waals surface area contributed by atoms with E-state index in [4.69, 9.17) is 10.5 Å². The fraction of sp³-hybridized carbons (Fsp3) is 0.0455. The normalized spacial score (nSPS) is 10.6.